The summed E-state index contributed by atoms with van der Waals surface area (Å²) in [5.74, 6) is 0.141. The van der Waals surface area contributed by atoms with Crippen LogP contribution in [-0.2, 0) is 0 Å². The monoisotopic (exact) mass is 341 g/mol. The van der Waals surface area contributed by atoms with Gasteiger partial charge in [-0.1, -0.05) is 0 Å². The first-order valence-electron chi connectivity index (χ1n) is 7.22. The van der Waals surface area contributed by atoms with Crippen LogP contribution >= 0.6 is 15.9 Å². The summed E-state index contributed by atoms with van der Waals surface area (Å²) in [5.41, 5.74) is 0.942. The van der Waals surface area contributed by atoms with E-state index in [1.165, 1.54) is 0 Å². The Bertz CT molecular complexity index is 487. The zero-order valence-electron chi connectivity index (χ0n) is 12.7. The van der Waals surface area contributed by atoms with Gasteiger partial charge < -0.3 is 14.8 Å². The Labute approximate surface area is 129 Å². The van der Waals surface area contributed by atoms with Crippen molar-refractivity contribution in [3.05, 3.63) is 22.4 Å². The second kappa shape index (κ2) is 5.90. The van der Waals surface area contributed by atoms with Gasteiger partial charge in [-0.05, 0) is 62.7 Å². The fraction of sp³-hybridized carbons (Fsp3) is 0.667. The molecule has 0 atom stereocenters. The third kappa shape index (κ3) is 3.09. The Morgan fingerprint density at radius 1 is 1.40 bits per heavy atom. The average molecular weight is 342 g/mol. The van der Waals surface area contributed by atoms with Crippen molar-refractivity contribution in [2.24, 2.45) is 0 Å². The van der Waals surface area contributed by atoms with Gasteiger partial charge in [-0.25, -0.2) is 0 Å². The van der Waals surface area contributed by atoms with Crippen LogP contribution in [0.1, 0.15) is 50.1 Å². The number of piperidine rings is 1. The maximum Gasteiger partial charge on any atom is 0.270 e. The van der Waals surface area contributed by atoms with Crippen molar-refractivity contribution in [1.82, 2.24) is 14.8 Å². The third-order valence-electron chi connectivity index (χ3n) is 4.35. The van der Waals surface area contributed by atoms with Crippen LogP contribution in [0.5, 0.6) is 0 Å². The predicted octanol–water partition coefficient (Wildman–Crippen LogP) is 3.05. The smallest absolute Gasteiger partial charge is 0.270 e. The molecule has 1 fully saturated rings. The minimum Gasteiger partial charge on any atom is -0.340 e. The zero-order chi connectivity index (χ0) is 14.9. The average Bonchev–Trinajstić information content (AvgIpc) is 2.81. The normalized spacial score (nSPS) is 18.6. The molecule has 1 N–H and O–H groups in total. The van der Waals surface area contributed by atoms with Gasteiger partial charge in [-0.2, -0.15) is 0 Å². The molecule has 2 rings (SSSR count). The molecule has 112 valence electrons. The highest BCUT2D eigenvalue weighted by Crippen LogP contribution is 2.25. The lowest BCUT2D eigenvalue weighted by Gasteiger charge is -2.39. The van der Waals surface area contributed by atoms with Crippen molar-refractivity contribution in [3.8, 4) is 0 Å². The van der Waals surface area contributed by atoms with E-state index in [2.05, 4.69) is 42.0 Å². The summed E-state index contributed by atoms with van der Waals surface area (Å²) in [6.07, 6.45) is 3.98. The number of carbonyl (C=O) groups is 1. The number of hydrogen-bond donors (Lipinski definition) is 1. The molecular formula is C15H24BrN3O. The first-order valence-corrected chi connectivity index (χ1v) is 8.01. The topological polar surface area (TPSA) is 37.3 Å². The molecule has 1 saturated heterocycles. The molecule has 4 nitrogen and oxygen atoms in total. The van der Waals surface area contributed by atoms with Crippen LogP contribution in [0.4, 0.5) is 0 Å². The molecule has 0 aliphatic carbocycles. The molecule has 1 aliphatic heterocycles. The Morgan fingerprint density at radius 2 is 2.00 bits per heavy atom. The second-order valence-corrected chi connectivity index (χ2v) is 7.06. The minimum atomic E-state index is 0.141. The zero-order valence-corrected chi connectivity index (χ0v) is 14.3. The number of aromatic nitrogens is 1. The summed E-state index contributed by atoms with van der Waals surface area (Å²) in [6.45, 7) is 8.05. The highest BCUT2D eigenvalue weighted by Gasteiger charge is 2.31. The number of halogens is 1. The fourth-order valence-corrected chi connectivity index (χ4v) is 3.10. The number of nitrogens with zero attached hydrogens (tertiary/aromatic N) is 2. The third-order valence-corrected chi connectivity index (χ3v) is 4.78. The summed E-state index contributed by atoms with van der Waals surface area (Å²) in [5, 5.41) is 3.36. The van der Waals surface area contributed by atoms with E-state index in [0.29, 0.717) is 0 Å². The molecule has 0 spiro atoms. The molecule has 2 heterocycles. The molecule has 1 aromatic rings. The highest BCUT2D eigenvalue weighted by atomic mass is 79.9. The van der Waals surface area contributed by atoms with Gasteiger partial charge in [0.25, 0.3) is 5.91 Å². The van der Waals surface area contributed by atoms with Crippen molar-refractivity contribution in [2.45, 2.75) is 45.2 Å². The summed E-state index contributed by atoms with van der Waals surface area (Å²) in [7, 11) is 2.00. The first kappa shape index (κ1) is 15.6. The molecule has 0 radical (unpaired) electrons. The summed E-state index contributed by atoms with van der Waals surface area (Å²) < 4.78 is 3.00. The molecule has 1 aromatic heterocycles. The number of hydrogen-bond acceptors (Lipinski definition) is 2. The summed E-state index contributed by atoms with van der Waals surface area (Å²) >= 11 is 3.47. The van der Waals surface area contributed by atoms with E-state index in [9.17, 15) is 4.79 Å². The van der Waals surface area contributed by atoms with Crippen LogP contribution in [-0.4, -0.2) is 41.1 Å². The van der Waals surface area contributed by atoms with Crippen molar-refractivity contribution < 1.29 is 4.79 Å². The molecule has 0 bridgehead atoms. The number of carbonyl (C=O) groups excluding carboxylic acids is 1. The SMILES string of the molecule is CNC1(C)CCN(C(=O)c2cc(Br)cn2C(C)C)CC1. The van der Waals surface area contributed by atoms with Gasteiger partial charge in [0.1, 0.15) is 5.69 Å². The lowest BCUT2D eigenvalue weighted by molar-refractivity contribution is 0.0649. The predicted molar refractivity (Wildman–Crippen MR) is 85.1 cm³/mol. The molecule has 1 aliphatic rings. The van der Waals surface area contributed by atoms with Crippen molar-refractivity contribution in [2.75, 3.05) is 20.1 Å². The number of likely N-dealkylation sites (tertiary alicyclic amines) is 1. The van der Waals surface area contributed by atoms with Gasteiger partial charge in [-0.3, -0.25) is 4.79 Å². The molecule has 0 unspecified atom stereocenters. The van der Waals surface area contributed by atoms with Gasteiger partial charge in [0, 0.05) is 35.3 Å². The van der Waals surface area contributed by atoms with E-state index in [1.54, 1.807) is 0 Å². The van der Waals surface area contributed by atoms with E-state index in [4.69, 9.17) is 0 Å². The van der Waals surface area contributed by atoms with Gasteiger partial charge >= 0.3 is 0 Å². The molecular weight excluding hydrogens is 318 g/mol. The van der Waals surface area contributed by atoms with Gasteiger partial charge in [0.2, 0.25) is 0 Å². The van der Waals surface area contributed by atoms with Crippen molar-refractivity contribution >= 4 is 21.8 Å². The van der Waals surface area contributed by atoms with E-state index in [1.807, 2.05) is 28.8 Å². The summed E-state index contributed by atoms with van der Waals surface area (Å²) in [4.78, 5) is 14.7. The fourth-order valence-electron chi connectivity index (χ4n) is 2.66. The maximum absolute atomic E-state index is 12.7. The Kier molecular flexibility index (Phi) is 4.59. The van der Waals surface area contributed by atoms with E-state index >= 15 is 0 Å². The largest absolute Gasteiger partial charge is 0.340 e. The molecule has 0 saturated carbocycles. The molecule has 5 heteroatoms. The lowest BCUT2D eigenvalue weighted by Crippen LogP contribution is -2.51. The quantitative estimate of drug-likeness (QED) is 0.917. The Balaban J connectivity index is 2.13. The van der Waals surface area contributed by atoms with Crippen LogP contribution < -0.4 is 5.32 Å². The Morgan fingerprint density at radius 3 is 2.50 bits per heavy atom. The number of rotatable bonds is 3. The molecule has 20 heavy (non-hydrogen) atoms. The van der Waals surface area contributed by atoms with E-state index in [-0.39, 0.29) is 17.5 Å². The highest BCUT2D eigenvalue weighted by molar-refractivity contribution is 9.10. The van der Waals surface area contributed by atoms with Gasteiger partial charge in [0.15, 0.2) is 0 Å². The van der Waals surface area contributed by atoms with Gasteiger partial charge in [0.05, 0.1) is 0 Å². The standard InChI is InChI=1S/C15H24BrN3O/c1-11(2)19-10-12(16)9-13(19)14(20)18-7-5-15(3,17-4)6-8-18/h9-11,17H,5-8H2,1-4H3. The van der Waals surface area contributed by atoms with Crippen molar-refractivity contribution in [1.29, 1.82) is 0 Å². The maximum atomic E-state index is 12.7. The van der Waals surface area contributed by atoms with Crippen LogP contribution in [0.15, 0.2) is 16.7 Å². The van der Waals surface area contributed by atoms with Crippen LogP contribution in [0.3, 0.4) is 0 Å². The van der Waals surface area contributed by atoms with E-state index in [0.717, 1.165) is 36.1 Å². The number of nitrogens with one attached hydrogen (secondary N) is 1. The van der Waals surface area contributed by atoms with Crippen LogP contribution in [0.25, 0.3) is 0 Å². The minimum absolute atomic E-state index is 0.141. The lowest BCUT2D eigenvalue weighted by atomic mass is 9.90. The molecule has 0 aromatic carbocycles. The van der Waals surface area contributed by atoms with Crippen LogP contribution in [0, 0.1) is 0 Å². The number of amides is 1. The Hall–Kier alpha value is -0.810. The van der Waals surface area contributed by atoms with Crippen molar-refractivity contribution in [3.63, 3.8) is 0 Å². The van der Waals surface area contributed by atoms with Gasteiger partial charge in [-0.15, -0.1) is 0 Å². The van der Waals surface area contributed by atoms with Crippen LogP contribution in [0.2, 0.25) is 0 Å². The summed E-state index contributed by atoms with van der Waals surface area (Å²) in [6, 6.07) is 2.21. The molecule has 1 amide bonds. The van der Waals surface area contributed by atoms with E-state index < -0.39 is 0 Å². The first-order chi connectivity index (χ1) is 9.36. The second-order valence-electron chi connectivity index (χ2n) is 6.15.